The molecule has 0 atom stereocenters. The van der Waals surface area contributed by atoms with Gasteiger partial charge in [-0.25, -0.2) is 0 Å². The molecule has 3 aromatic carbocycles. The van der Waals surface area contributed by atoms with Crippen LogP contribution in [-0.4, -0.2) is 10.2 Å². The lowest BCUT2D eigenvalue weighted by molar-refractivity contribution is -0.113. The molecular weight excluding hydrogens is 641 g/mol. The standard InChI is InChI=1S/C25H17Br2Cl2NO2S2/c1-13-3-6-21(14(2)7-13)30-24(31)22(34-25(30)33)10-15-8-18(26)23(19(27)9-15)32-12-16-4-5-17(28)11-20(16)29/h3-11H,12H2,1-2H3/b22-10-. The van der Waals surface area contributed by atoms with Crippen molar-refractivity contribution in [3.05, 3.63) is 94.7 Å². The Balaban J connectivity index is 1.56. The van der Waals surface area contributed by atoms with E-state index >= 15 is 0 Å². The topological polar surface area (TPSA) is 29.5 Å². The van der Waals surface area contributed by atoms with Crippen molar-refractivity contribution in [1.82, 2.24) is 0 Å². The molecule has 1 aliphatic rings. The third-order valence-corrected chi connectivity index (χ3v) is 8.16. The predicted molar refractivity (Wildman–Crippen MR) is 154 cm³/mol. The zero-order chi connectivity index (χ0) is 24.6. The van der Waals surface area contributed by atoms with Gasteiger partial charge in [-0.15, -0.1) is 0 Å². The van der Waals surface area contributed by atoms with Crippen LogP contribution in [0.1, 0.15) is 22.3 Å². The van der Waals surface area contributed by atoms with Gasteiger partial charge in [-0.1, -0.05) is 70.9 Å². The maximum atomic E-state index is 13.2. The summed E-state index contributed by atoms with van der Waals surface area (Å²) in [6.07, 6.45) is 1.83. The Morgan fingerprint density at radius 2 is 1.76 bits per heavy atom. The molecule has 1 amide bonds. The molecule has 0 saturated carbocycles. The van der Waals surface area contributed by atoms with Gasteiger partial charge in [-0.2, -0.15) is 0 Å². The second-order valence-corrected chi connectivity index (χ2v) is 11.9. The van der Waals surface area contributed by atoms with Gasteiger partial charge in [-0.3, -0.25) is 9.69 Å². The van der Waals surface area contributed by atoms with Gasteiger partial charge in [0, 0.05) is 15.6 Å². The van der Waals surface area contributed by atoms with Gasteiger partial charge in [-0.05, 0) is 93.2 Å². The molecule has 0 spiro atoms. The third kappa shape index (κ3) is 5.55. The number of thiocarbonyl (C=S) groups is 1. The molecular formula is C25H17Br2Cl2NO2S2. The quantitative estimate of drug-likeness (QED) is 0.202. The van der Waals surface area contributed by atoms with Gasteiger partial charge in [0.15, 0.2) is 4.32 Å². The highest BCUT2D eigenvalue weighted by Crippen LogP contribution is 2.40. The summed E-state index contributed by atoms with van der Waals surface area (Å²) >= 11 is 26.2. The molecule has 174 valence electrons. The van der Waals surface area contributed by atoms with Crippen molar-refractivity contribution in [2.45, 2.75) is 20.5 Å². The molecule has 1 fully saturated rings. The number of nitrogens with zero attached hydrogens (tertiary/aromatic N) is 1. The van der Waals surface area contributed by atoms with Crippen molar-refractivity contribution in [2.24, 2.45) is 0 Å². The third-order valence-electron chi connectivity index (χ3n) is 5.09. The fourth-order valence-electron chi connectivity index (χ4n) is 3.47. The minimum Gasteiger partial charge on any atom is -0.486 e. The normalized spacial score (nSPS) is 14.9. The molecule has 1 heterocycles. The van der Waals surface area contributed by atoms with Crippen LogP contribution in [0.4, 0.5) is 5.69 Å². The first-order valence-corrected chi connectivity index (χ1v) is 13.6. The van der Waals surface area contributed by atoms with Crippen molar-refractivity contribution < 1.29 is 9.53 Å². The summed E-state index contributed by atoms with van der Waals surface area (Å²) in [4.78, 5) is 15.3. The van der Waals surface area contributed by atoms with Crippen LogP contribution in [0.3, 0.4) is 0 Å². The number of aryl methyl sites for hydroxylation is 2. The van der Waals surface area contributed by atoms with Crippen LogP contribution in [0.2, 0.25) is 10.0 Å². The maximum Gasteiger partial charge on any atom is 0.270 e. The van der Waals surface area contributed by atoms with E-state index in [1.807, 2.05) is 56.3 Å². The summed E-state index contributed by atoms with van der Waals surface area (Å²) in [5.41, 5.74) is 4.60. The van der Waals surface area contributed by atoms with Gasteiger partial charge in [0.2, 0.25) is 0 Å². The minimum absolute atomic E-state index is 0.132. The average molecular weight is 658 g/mol. The van der Waals surface area contributed by atoms with Crippen molar-refractivity contribution >= 4 is 101 Å². The van der Waals surface area contributed by atoms with E-state index < -0.39 is 0 Å². The van der Waals surface area contributed by atoms with Crippen molar-refractivity contribution in [1.29, 1.82) is 0 Å². The molecule has 0 radical (unpaired) electrons. The second-order valence-electron chi connectivity index (χ2n) is 7.65. The molecule has 0 unspecified atom stereocenters. The van der Waals surface area contributed by atoms with E-state index in [1.54, 1.807) is 17.0 Å². The smallest absolute Gasteiger partial charge is 0.270 e. The van der Waals surface area contributed by atoms with E-state index in [2.05, 4.69) is 31.9 Å². The predicted octanol–water partition coefficient (Wildman–Crippen LogP) is 9.12. The van der Waals surface area contributed by atoms with Crippen LogP contribution < -0.4 is 9.64 Å². The zero-order valence-corrected chi connectivity index (χ0v) is 24.3. The second kappa shape index (κ2) is 10.7. The van der Waals surface area contributed by atoms with E-state index in [-0.39, 0.29) is 12.5 Å². The van der Waals surface area contributed by atoms with Gasteiger partial charge in [0.05, 0.1) is 19.5 Å². The molecule has 4 rings (SSSR count). The number of hydrogen-bond acceptors (Lipinski definition) is 4. The Bertz CT molecular complexity index is 1340. The summed E-state index contributed by atoms with van der Waals surface area (Å²) in [5.74, 6) is 0.498. The number of halogens is 4. The number of benzene rings is 3. The summed E-state index contributed by atoms with van der Waals surface area (Å²) < 4.78 is 7.98. The first-order valence-electron chi connectivity index (χ1n) is 10.0. The number of amides is 1. The summed E-state index contributed by atoms with van der Waals surface area (Å²) in [6, 6.07) is 15.0. The fraction of sp³-hybridized carbons (Fsp3) is 0.120. The van der Waals surface area contributed by atoms with E-state index in [9.17, 15) is 4.79 Å². The van der Waals surface area contributed by atoms with Crippen LogP contribution in [0.5, 0.6) is 5.75 Å². The van der Waals surface area contributed by atoms with Crippen LogP contribution in [0.15, 0.2) is 62.4 Å². The lowest BCUT2D eigenvalue weighted by Crippen LogP contribution is -2.28. The number of anilines is 1. The maximum absolute atomic E-state index is 13.2. The zero-order valence-electron chi connectivity index (χ0n) is 18.0. The Morgan fingerprint density at radius 1 is 1.06 bits per heavy atom. The van der Waals surface area contributed by atoms with Gasteiger partial charge < -0.3 is 4.74 Å². The molecule has 3 aromatic rings. The molecule has 3 nitrogen and oxygen atoms in total. The molecule has 1 saturated heterocycles. The van der Waals surface area contributed by atoms with E-state index in [1.165, 1.54) is 11.8 Å². The Labute approximate surface area is 234 Å². The molecule has 0 aromatic heterocycles. The number of hydrogen-bond donors (Lipinski definition) is 0. The first-order chi connectivity index (χ1) is 16.1. The molecule has 34 heavy (non-hydrogen) atoms. The number of rotatable bonds is 5. The fourth-order valence-corrected chi connectivity index (χ4v) is 6.67. The first kappa shape index (κ1) is 25.7. The summed E-state index contributed by atoms with van der Waals surface area (Å²) in [6.45, 7) is 4.28. The summed E-state index contributed by atoms with van der Waals surface area (Å²) in [7, 11) is 0. The Kier molecular flexibility index (Phi) is 8.12. The molecule has 9 heteroatoms. The molecule has 1 aliphatic heterocycles. The van der Waals surface area contributed by atoms with Crippen LogP contribution in [0, 0.1) is 13.8 Å². The lowest BCUT2D eigenvalue weighted by atomic mass is 10.1. The Hall–Kier alpha value is -1.35. The minimum atomic E-state index is -0.132. The van der Waals surface area contributed by atoms with E-state index in [0.29, 0.717) is 25.0 Å². The highest BCUT2D eigenvalue weighted by Gasteiger charge is 2.34. The van der Waals surface area contributed by atoms with Crippen molar-refractivity contribution in [3.63, 3.8) is 0 Å². The van der Waals surface area contributed by atoms with Crippen LogP contribution in [0.25, 0.3) is 6.08 Å². The summed E-state index contributed by atoms with van der Waals surface area (Å²) in [5, 5.41) is 1.12. The molecule has 0 aliphatic carbocycles. The number of carbonyl (C=O) groups excluding carboxylic acids is 1. The number of ether oxygens (including phenoxy) is 1. The highest BCUT2D eigenvalue weighted by atomic mass is 79.9. The SMILES string of the molecule is Cc1ccc(N2C(=O)/C(=C/c3cc(Br)c(OCc4ccc(Cl)cc4Cl)c(Br)c3)SC2=S)c(C)c1. The van der Waals surface area contributed by atoms with Crippen molar-refractivity contribution in [3.8, 4) is 5.75 Å². The average Bonchev–Trinajstić information content (AvgIpc) is 3.02. The monoisotopic (exact) mass is 655 g/mol. The van der Waals surface area contributed by atoms with Gasteiger partial charge in [0.25, 0.3) is 5.91 Å². The van der Waals surface area contributed by atoms with Crippen molar-refractivity contribution in [2.75, 3.05) is 4.90 Å². The van der Waals surface area contributed by atoms with E-state index in [0.717, 1.165) is 36.9 Å². The number of thioether (sulfide) groups is 1. The van der Waals surface area contributed by atoms with Crippen LogP contribution >= 0.6 is 79.0 Å². The Morgan fingerprint density at radius 3 is 2.41 bits per heavy atom. The van der Waals surface area contributed by atoms with Crippen LogP contribution in [-0.2, 0) is 11.4 Å². The largest absolute Gasteiger partial charge is 0.486 e. The van der Waals surface area contributed by atoms with E-state index in [4.69, 9.17) is 40.2 Å². The molecule has 0 N–H and O–H groups in total. The lowest BCUT2D eigenvalue weighted by Gasteiger charge is -2.17. The highest BCUT2D eigenvalue weighted by molar-refractivity contribution is 9.11. The van der Waals surface area contributed by atoms with Gasteiger partial charge >= 0.3 is 0 Å². The van der Waals surface area contributed by atoms with Gasteiger partial charge in [0.1, 0.15) is 12.4 Å². The molecule has 0 bridgehead atoms. The number of carbonyl (C=O) groups is 1.